The summed E-state index contributed by atoms with van der Waals surface area (Å²) in [6.45, 7) is 1.95. The number of ether oxygens (including phenoxy) is 2. The first-order chi connectivity index (χ1) is 10.1. The summed E-state index contributed by atoms with van der Waals surface area (Å²) in [6.07, 6.45) is 1.72. The number of aromatic nitrogens is 1. The van der Waals surface area contributed by atoms with Gasteiger partial charge in [-0.2, -0.15) is 0 Å². The normalized spacial score (nSPS) is 12.0. The van der Waals surface area contributed by atoms with Gasteiger partial charge in [0.15, 0.2) is 0 Å². The van der Waals surface area contributed by atoms with Crippen LogP contribution in [0.4, 0.5) is 5.82 Å². The van der Waals surface area contributed by atoms with Gasteiger partial charge in [0.05, 0.1) is 20.3 Å². The van der Waals surface area contributed by atoms with Crippen LogP contribution in [0.5, 0.6) is 11.5 Å². The summed E-state index contributed by atoms with van der Waals surface area (Å²) < 4.78 is 10.6. The van der Waals surface area contributed by atoms with Gasteiger partial charge in [-0.25, -0.2) is 10.4 Å². The molecule has 1 atom stereocenters. The Morgan fingerprint density at radius 1 is 1.10 bits per heavy atom. The van der Waals surface area contributed by atoms with E-state index in [2.05, 4.69) is 10.4 Å². The van der Waals surface area contributed by atoms with Gasteiger partial charge in [0, 0.05) is 17.8 Å². The second-order valence-corrected chi connectivity index (χ2v) is 4.73. The molecule has 0 bridgehead atoms. The molecule has 0 spiro atoms. The molecule has 6 heteroatoms. The molecule has 1 unspecified atom stereocenters. The molecule has 2 rings (SSSR count). The first-order valence-electron chi connectivity index (χ1n) is 6.50. The van der Waals surface area contributed by atoms with Gasteiger partial charge in [-0.15, -0.1) is 0 Å². The molecule has 1 heterocycles. The maximum Gasteiger partial charge on any atom is 0.128 e. The number of pyridine rings is 1. The number of hydrazine groups is 1. The lowest BCUT2D eigenvalue weighted by Gasteiger charge is -2.20. The molecule has 6 nitrogen and oxygen atoms in total. The van der Waals surface area contributed by atoms with Gasteiger partial charge in [-0.05, 0) is 36.2 Å². The van der Waals surface area contributed by atoms with Crippen LogP contribution in [0.2, 0.25) is 0 Å². The number of aryl methyl sites for hydroxylation is 1. The summed E-state index contributed by atoms with van der Waals surface area (Å²) in [7, 11) is 3.21. The first-order valence-corrected chi connectivity index (χ1v) is 6.50. The minimum atomic E-state index is -0.304. The maximum atomic E-state index is 5.98. The highest BCUT2D eigenvalue weighted by molar-refractivity contribution is 5.49. The number of nitrogens with two attached hydrogens (primary N) is 2. The van der Waals surface area contributed by atoms with Crippen LogP contribution in [-0.4, -0.2) is 19.2 Å². The van der Waals surface area contributed by atoms with Crippen LogP contribution in [0.25, 0.3) is 0 Å². The van der Waals surface area contributed by atoms with Crippen LogP contribution in [0.1, 0.15) is 22.7 Å². The zero-order valence-electron chi connectivity index (χ0n) is 12.4. The maximum absolute atomic E-state index is 5.98. The molecule has 1 aromatic heterocycles. The van der Waals surface area contributed by atoms with Crippen LogP contribution in [-0.2, 0) is 0 Å². The predicted octanol–water partition coefficient (Wildman–Crippen LogP) is 1.54. The molecule has 0 amide bonds. The van der Waals surface area contributed by atoms with E-state index in [0.717, 1.165) is 16.7 Å². The largest absolute Gasteiger partial charge is 0.497 e. The van der Waals surface area contributed by atoms with E-state index in [-0.39, 0.29) is 6.04 Å². The fraction of sp³-hybridized carbons (Fsp3) is 0.267. The van der Waals surface area contributed by atoms with Crippen molar-refractivity contribution >= 4 is 5.82 Å². The summed E-state index contributed by atoms with van der Waals surface area (Å²) in [4.78, 5) is 4.18. The summed E-state index contributed by atoms with van der Waals surface area (Å²) in [5.74, 6) is 7.53. The Kier molecular flexibility index (Phi) is 4.62. The van der Waals surface area contributed by atoms with Crippen LogP contribution in [0, 0.1) is 6.92 Å². The van der Waals surface area contributed by atoms with Crippen LogP contribution >= 0.6 is 0 Å². The average Bonchev–Trinajstić information content (AvgIpc) is 2.51. The summed E-state index contributed by atoms with van der Waals surface area (Å²) in [5.41, 5.74) is 11.5. The van der Waals surface area contributed by atoms with E-state index in [9.17, 15) is 0 Å². The smallest absolute Gasteiger partial charge is 0.128 e. The van der Waals surface area contributed by atoms with E-state index in [0.29, 0.717) is 17.3 Å². The van der Waals surface area contributed by atoms with Crippen LogP contribution in [0.3, 0.4) is 0 Å². The minimum Gasteiger partial charge on any atom is -0.497 e. The molecule has 1 aromatic carbocycles. The highest BCUT2D eigenvalue weighted by Crippen LogP contribution is 2.31. The van der Waals surface area contributed by atoms with E-state index in [1.54, 1.807) is 26.5 Å². The van der Waals surface area contributed by atoms with E-state index >= 15 is 0 Å². The standard InChI is InChI=1S/C15H20N4O2/c1-9-4-13(15(16)18-8-9)14(19-17)10-5-11(20-2)7-12(6-10)21-3/h4-8,14,19H,17H2,1-3H3,(H2,16,18). The molecule has 0 aliphatic carbocycles. The fourth-order valence-corrected chi connectivity index (χ4v) is 2.20. The number of nitrogen functional groups attached to an aromatic ring is 1. The highest BCUT2D eigenvalue weighted by atomic mass is 16.5. The Bertz CT molecular complexity index is 609. The van der Waals surface area contributed by atoms with Crippen molar-refractivity contribution in [2.45, 2.75) is 13.0 Å². The molecule has 21 heavy (non-hydrogen) atoms. The third kappa shape index (κ3) is 3.24. The molecule has 0 radical (unpaired) electrons. The topological polar surface area (TPSA) is 95.4 Å². The van der Waals surface area contributed by atoms with Crippen LogP contribution < -0.4 is 26.5 Å². The quantitative estimate of drug-likeness (QED) is 0.570. The Balaban J connectivity index is 2.52. The summed E-state index contributed by atoms with van der Waals surface area (Å²) in [5, 5.41) is 0. The Morgan fingerprint density at radius 3 is 2.24 bits per heavy atom. The Hall–Kier alpha value is -2.31. The van der Waals surface area contributed by atoms with Crippen molar-refractivity contribution in [2.75, 3.05) is 20.0 Å². The number of nitrogens with zero attached hydrogens (tertiary/aromatic N) is 1. The number of hydrogen-bond acceptors (Lipinski definition) is 6. The molecular formula is C15H20N4O2. The highest BCUT2D eigenvalue weighted by Gasteiger charge is 2.18. The van der Waals surface area contributed by atoms with Gasteiger partial charge in [-0.3, -0.25) is 5.84 Å². The molecule has 112 valence electrons. The predicted molar refractivity (Wildman–Crippen MR) is 82.1 cm³/mol. The summed E-state index contributed by atoms with van der Waals surface area (Å²) in [6, 6.07) is 7.22. The number of nitrogens with one attached hydrogen (secondary N) is 1. The number of hydrogen-bond donors (Lipinski definition) is 3. The molecule has 0 fully saturated rings. The van der Waals surface area contributed by atoms with Crippen molar-refractivity contribution in [1.29, 1.82) is 0 Å². The molecular weight excluding hydrogens is 268 g/mol. The minimum absolute atomic E-state index is 0.304. The summed E-state index contributed by atoms with van der Waals surface area (Å²) >= 11 is 0. The number of rotatable bonds is 5. The third-order valence-electron chi connectivity index (χ3n) is 3.27. The Labute approximate surface area is 124 Å². The fourth-order valence-electron chi connectivity index (χ4n) is 2.20. The van der Waals surface area contributed by atoms with Gasteiger partial charge in [0.1, 0.15) is 17.3 Å². The van der Waals surface area contributed by atoms with Crippen LogP contribution in [0.15, 0.2) is 30.5 Å². The number of anilines is 1. The number of methoxy groups -OCH3 is 2. The molecule has 0 aliphatic rings. The second kappa shape index (κ2) is 6.43. The monoisotopic (exact) mass is 288 g/mol. The molecule has 5 N–H and O–H groups in total. The van der Waals surface area contributed by atoms with Gasteiger partial charge >= 0.3 is 0 Å². The van der Waals surface area contributed by atoms with Crippen molar-refractivity contribution in [1.82, 2.24) is 10.4 Å². The zero-order chi connectivity index (χ0) is 15.4. The van der Waals surface area contributed by atoms with Crippen molar-refractivity contribution < 1.29 is 9.47 Å². The second-order valence-electron chi connectivity index (χ2n) is 4.73. The molecule has 0 saturated heterocycles. The molecule has 2 aromatic rings. The van der Waals surface area contributed by atoms with Crippen molar-refractivity contribution in [3.63, 3.8) is 0 Å². The molecule has 0 aliphatic heterocycles. The number of benzene rings is 1. The first kappa shape index (κ1) is 15.1. The Morgan fingerprint density at radius 2 is 1.71 bits per heavy atom. The molecule has 0 saturated carbocycles. The van der Waals surface area contributed by atoms with Gasteiger partial charge in [-0.1, -0.05) is 0 Å². The zero-order valence-corrected chi connectivity index (χ0v) is 12.4. The lowest BCUT2D eigenvalue weighted by molar-refractivity contribution is 0.392. The van der Waals surface area contributed by atoms with E-state index in [1.165, 1.54) is 0 Å². The van der Waals surface area contributed by atoms with Gasteiger partial charge < -0.3 is 15.2 Å². The van der Waals surface area contributed by atoms with Gasteiger partial charge in [0.25, 0.3) is 0 Å². The van der Waals surface area contributed by atoms with Crippen molar-refractivity contribution in [3.05, 3.63) is 47.2 Å². The average molecular weight is 288 g/mol. The van der Waals surface area contributed by atoms with Crippen molar-refractivity contribution in [2.24, 2.45) is 5.84 Å². The van der Waals surface area contributed by atoms with E-state index < -0.39 is 0 Å². The lowest BCUT2D eigenvalue weighted by Crippen LogP contribution is -2.29. The van der Waals surface area contributed by atoms with Crippen molar-refractivity contribution in [3.8, 4) is 11.5 Å². The SMILES string of the molecule is COc1cc(OC)cc(C(NN)c2cc(C)cnc2N)c1. The van der Waals surface area contributed by atoms with E-state index in [1.807, 2.05) is 25.1 Å². The third-order valence-corrected chi connectivity index (χ3v) is 3.27. The lowest BCUT2D eigenvalue weighted by atomic mass is 9.98. The van der Waals surface area contributed by atoms with E-state index in [4.69, 9.17) is 21.1 Å². The van der Waals surface area contributed by atoms with Gasteiger partial charge in [0.2, 0.25) is 0 Å².